The van der Waals surface area contributed by atoms with Crippen molar-refractivity contribution >= 4 is 23.6 Å². The minimum atomic E-state index is -0.906. The van der Waals surface area contributed by atoms with Gasteiger partial charge in [0.1, 0.15) is 17.5 Å². The van der Waals surface area contributed by atoms with Crippen molar-refractivity contribution in [3.8, 4) is 6.07 Å². The maximum absolute atomic E-state index is 13.3. The van der Waals surface area contributed by atoms with Gasteiger partial charge in [-0.25, -0.2) is 4.39 Å². The standard InChI is InChI=1S/C10H6ClFN2O/c11-8-3-1-2-6(9(8)12)4-7(5-13)10(14)15/h1-4H,(H2,14,15)/b7-4+. The lowest BCUT2D eigenvalue weighted by Gasteiger charge is -1.98. The van der Waals surface area contributed by atoms with Crippen LogP contribution in [0.15, 0.2) is 23.8 Å². The van der Waals surface area contributed by atoms with Crippen molar-refractivity contribution in [1.29, 1.82) is 5.26 Å². The summed E-state index contributed by atoms with van der Waals surface area (Å²) in [6.45, 7) is 0. The van der Waals surface area contributed by atoms with Gasteiger partial charge < -0.3 is 5.73 Å². The van der Waals surface area contributed by atoms with Gasteiger partial charge >= 0.3 is 0 Å². The molecule has 3 nitrogen and oxygen atoms in total. The van der Waals surface area contributed by atoms with Crippen LogP contribution >= 0.6 is 11.6 Å². The Hall–Kier alpha value is -1.86. The minimum absolute atomic E-state index is 0.0536. The van der Waals surface area contributed by atoms with Crippen LogP contribution in [0, 0.1) is 17.1 Å². The van der Waals surface area contributed by atoms with E-state index in [4.69, 9.17) is 22.6 Å². The van der Waals surface area contributed by atoms with Gasteiger partial charge in [0.25, 0.3) is 5.91 Å². The molecule has 0 saturated carbocycles. The molecular weight excluding hydrogens is 219 g/mol. The van der Waals surface area contributed by atoms with Crippen LogP contribution in [-0.4, -0.2) is 5.91 Å². The van der Waals surface area contributed by atoms with Gasteiger partial charge in [-0.15, -0.1) is 0 Å². The van der Waals surface area contributed by atoms with E-state index in [0.29, 0.717) is 0 Å². The smallest absolute Gasteiger partial charge is 0.259 e. The lowest BCUT2D eigenvalue weighted by molar-refractivity contribution is -0.114. The Balaban J connectivity index is 3.25. The summed E-state index contributed by atoms with van der Waals surface area (Å²) < 4.78 is 13.3. The van der Waals surface area contributed by atoms with Crippen LogP contribution < -0.4 is 5.73 Å². The average molecular weight is 225 g/mol. The number of carbonyl (C=O) groups excluding carboxylic acids is 1. The van der Waals surface area contributed by atoms with Gasteiger partial charge in [0.15, 0.2) is 0 Å². The van der Waals surface area contributed by atoms with Crippen molar-refractivity contribution in [2.75, 3.05) is 0 Å². The van der Waals surface area contributed by atoms with Crippen molar-refractivity contribution in [3.05, 3.63) is 40.2 Å². The van der Waals surface area contributed by atoms with E-state index < -0.39 is 11.7 Å². The summed E-state index contributed by atoms with van der Waals surface area (Å²) in [7, 11) is 0. The molecule has 0 unspecified atom stereocenters. The molecule has 0 radical (unpaired) electrons. The molecular formula is C10H6ClFN2O. The highest BCUT2D eigenvalue weighted by Crippen LogP contribution is 2.19. The first-order valence-electron chi connectivity index (χ1n) is 3.92. The largest absolute Gasteiger partial charge is 0.365 e. The van der Waals surface area contributed by atoms with E-state index >= 15 is 0 Å². The number of carbonyl (C=O) groups is 1. The van der Waals surface area contributed by atoms with Crippen LogP contribution in [0.1, 0.15) is 5.56 Å². The number of nitrogens with two attached hydrogens (primary N) is 1. The maximum Gasteiger partial charge on any atom is 0.259 e. The Morgan fingerprint density at radius 1 is 1.60 bits per heavy atom. The molecule has 0 atom stereocenters. The van der Waals surface area contributed by atoms with E-state index in [0.717, 1.165) is 6.08 Å². The Kier molecular flexibility index (Phi) is 3.42. The Labute approximate surface area is 90.6 Å². The van der Waals surface area contributed by atoms with Crippen LogP contribution in [0.25, 0.3) is 6.08 Å². The molecule has 0 bridgehead atoms. The zero-order valence-electron chi connectivity index (χ0n) is 7.50. The summed E-state index contributed by atoms with van der Waals surface area (Å²) in [5.41, 5.74) is 4.63. The van der Waals surface area contributed by atoms with Gasteiger partial charge in [0.2, 0.25) is 0 Å². The third-order valence-corrected chi connectivity index (χ3v) is 1.96. The van der Waals surface area contributed by atoms with Crippen LogP contribution in [-0.2, 0) is 4.79 Å². The van der Waals surface area contributed by atoms with E-state index in [1.165, 1.54) is 18.2 Å². The summed E-state index contributed by atoms with van der Waals surface area (Å²) >= 11 is 5.52. The van der Waals surface area contributed by atoms with E-state index in [9.17, 15) is 9.18 Å². The normalized spacial score (nSPS) is 10.9. The highest BCUT2D eigenvalue weighted by molar-refractivity contribution is 6.30. The van der Waals surface area contributed by atoms with Gasteiger partial charge in [0.05, 0.1) is 5.02 Å². The van der Waals surface area contributed by atoms with E-state index in [2.05, 4.69) is 0 Å². The van der Waals surface area contributed by atoms with E-state index in [1.807, 2.05) is 0 Å². The first kappa shape index (κ1) is 11.2. The summed E-state index contributed by atoms with van der Waals surface area (Å²) in [6, 6.07) is 5.84. The molecule has 15 heavy (non-hydrogen) atoms. The number of hydrogen-bond donors (Lipinski definition) is 1. The molecule has 0 aliphatic carbocycles. The number of nitriles is 1. The van der Waals surface area contributed by atoms with Gasteiger partial charge in [-0.1, -0.05) is 23.7 Å². The summed E-state index contributed by atoms with van der Waals surface area (Å²) in [6.07, 6.45) is 1.06. The second-order valence-corrected chi connectivity index (χ2v) is 3.08. The predicted octanol–water partition coefficient (Wildman–Crippen LogP) is 1.87. The summed E-state index contributed by atoms with van der Waals surface area (Å²) in [4.78, 5) is 10.7. The molecule has 1 aromatic carbocycles. The zero-order valence-corrected chi connectivity index (χ0v) is 8.25. The lowest BCUT2D eigenvalue weighted by atomic mass is 10.1. The molecule has 1 rings (SSSR count). The summed E-state index contributed by atoms with van der Waals surface area (Å²) in [5.74, 6) is -1.59. The van der Waals surface area contributed by atoms with Crippen molar-refractivity contribution in [3.63, 3.8) is 0 Å². The fourth-order valence-electron chi connectivity index (χ4n) is 0.946. The molecule has 0 aromatic heterocycles. The van der Waals surface area contributed by atoms with Crippen molar-refractivity contribution in [2.45, 2.75) is 0 Å². The number of amides is 1. The SMILES string of the molecule is N#C/C(=C\c1cccc(Cl)c1F)C(N)=O. The van der Waals surface area contributed by atoms with Gasteiger partial charge in [0, 0.05) is 5.56 Å². The zero-order chi connectivity index (χ0) is 11.4. The Morgan fingerprint density at radius 2 is 2.27 bits per heavy atom. The summed E-state index contributed by atoms with van der Waals surface area (Å²) in [5, 5.41) is 8.47. The second-order valence-electron chi connectivity index (χ2n) is 2.68. The molecule has 0 aliphatic rings. The molecule has 0 fully saturated rings. The topological polar surface area (TPSA) is 66.9 Å². The monoisotopic (exact) mass is 224 g/mol. The van der Waals surface area contributed by atoms with Gasteiger partial charge in [-0.3, -0.25) is 4.79 Å². The fourth-order valence-corrected chi connectivity index (χ4v) is 1.13. The molecule has 1 aromatic rings. The first-order chi connectivity index (χ1) is 7.06. The van der Waals surface area contributed by atoms with Crippen molar-refractivity contribution < 1.29 is 9.18 Å². The molecule has 0 aliphatic heterocycles. The average Bonchev–Trinajstić information content (AvgIpc) is 2.19. The number of halogens is 2. The molecule has 0 spiro atoms. The highest BCUT2D eigenvalue weighted by Gasteiger charge is 2.08. The molecule has 76 valence electrons. The van der Waals surface area contributed by atoms with E-state index in [-0.39, 0.29) is 16.2 Å². The minimum Gasteiger partial charge on any atom is -0.365 e. The number of hydrogen-bond acceptors (Lipinski definition) is 2. The Morgan fingerprint density at radius 3 is 2.80 bits per heavy atom. The molecule has 0 heterocycles. The highest BCUT2D eigenvalue weighted by atomic mass is 35.5. The quantitative estimate of drug-likeness (QED) is 0.616. The second kappa shape index (κ2) is 4.58. The number of nitrogens with zero attached hydrogens (tertiary/aromatic N) is 1. The maximum atomic E-state index is 13.3. The fraction of sp³-hybridized carbons (Fsp3) is 0. The lowest BCUT2D eigenvalue weighted by Crippen LogP contribution is -2.12. The van der Waals surface area contributed by atoms with E-state index in [1.54, 1.807) is 6.07 Å². The third kappa shape index (κ3) is 2.55. The molecule has 1 amide bonds. The van der Waals surface area contributed by atoms with Crippen LogP contribution in [0.4, 0.5) is 4.39 Å². The van der Waals surface area contributed by atoms with Crippen molar-refractivity contribution in [1.82, 2.24) is 0 Å². The first-order valence-corrected chi connectivity index (χ1v) is 4.29. The van der Waals surface area contributed by atoms with Crippen LogP contribution in [0.2, 0.25) is 5.02 Å². The Bertz CT molecular complexity index is 477. The third-order valence-electron chi connectivity index (χ3n) is 1.67. The number of primary amides is 1. The van der Waals surface area contributed by atoms with Gasteiger partial charge in [-0.2, -0.15) is 5.26 Å². The predicted molar refractivity (Wildman–Crippen MR) is 54.2 cm³/mol. The molecule has 2 N–H and O–H groups in total. The van der Waals surface area contributed by atoms with Crippen molar-refractivity contribution in [2.24, 2.45) is 5.73 Å². The number of rotatable bonds is 2. The molecule has 5 heteroatoms. The van der Waals surface area contributed by atoms with Gasteiger partial charge in [-0.05, 0) is 12.1 Å². The molecule has 0 saturated heterocycles. The van der Waals surface area contributed by atoms with Crippen LogP contribution in [0.5, 0.6) is 0 Å². The number of benzene rings is 1. The van der Waals surface area contributed by atoms with Crippen LogP contribution in [0.3, 0.4) is 0 Å².